The van der Waals surface area contributed by atoms with Gasteiger partial charge in [-0.2, -0.15) is 0 Å². The average Bonchev–Trinajstić information content (AvgIpc) is 2.84. The molecule has 0 bridgehead atoms. The third-order valence-electron chi connectivity index (χ3n) is 2.65. The number of aliphatic hydroxyl groups is 1. The van der Waals surface area contributed by atoms with E-state index in [0.717, 1.165) is 24.3 Å². The normalized spacial score (nSPS) is 20.9. The van der Waals surface area contributed by atoms with Crippen molar-refractivity contribution in [2.45, 2.75) is 23.8 Å². The first-order valence-electron chi connectivity index (χ1n) is 4.91. The van der Waals surface area contributed by atoms with Gasteiger partial charge in [0.15, 0.2) is 0 Å². The van der Waals surface area contributed by atoms with Crippen LogP contribution in [0.15, 0.2) is 16.3 Å². The summed E-state index contributed by atoms with van der Waals surface area (Å²) in [5.74, 6) is 0.0249. The number of aliphatic hydroxyl groups excluding tert-OH is 1. The maximum Gasteiger partial charge on any atom is 0.264 e. The van der Waals surface area contributed by atoms with Crippen LogP contribution in [0, 0.1) is 0 Å². The molecular formula is C10H13NO2S2. The molecule has 3 nitrogen and oxygen atoms in total. The fourth-order valence-electron chi connectivity index (χ4n) is 1.87. The fraction of sp³-hybridized carbons (Fsp3) is 0.500. The number of amides is 1. The number of nitrogens with zero attached hydrogens (tertiary/aromatic N) is 1. The van der Waals surface area contributed by atoms with E-state index < -0.39 is 0 Å². The first kappa shape index (κ1) is 11.0. The highest BCUT2D eigenvalue weighted by Gasteiger charge is 2.29. The van der Waals surface area contributed by atoms with E-state index in [0.29, 0.717) is 4.88 Å². The summed E-state index contributed by atoms with van der Waals surface area (Å²) in [4.78, 5) is 15.3. The molecule has 1 aliphatic heterocycles. The lowest BCUT2D eigenvalue weighted by Gasteiger charge is -2.22. The Kier molecular flexibility index (Phi) is 3.33. The van der Waals surface area contributed by atoms with Crippen molar-refractivity contribution in [3.8, 4) is 0 Å². The summed E-state index contributed by atoms with van der Waals surface area (Å²) in [6.07, 6.45) is 1.89. The first-order valence-corrected chi connectivity index (χ1v) is 6.24. The number of hydrogen-bond donors (Lipinski definition) is 2. The second-order valence-electron chi connectivity index (χ2n) is 3.65. The molecule has 15 heavy (non-hydrogen) atoms. The Labute approximate surface area is 98.1 Å². The van der Waals surface area contributed by atoms with Crippen molar-refractivity contribution >= 4 is 29.9 Å². The highest BCUT2D eigenvalue weighted by molar-refractivity contribution is 7.80. The molecule has 1 aromatic rings. The van der Waals surface area contributed by atoms with Gasteiger partial charge in [-0.3, -0.25) is 4.79 Å². The van der Waals surface area contributed by atoms with Gasteiger partial charge in [0.1, 0.15) is 0 Å². The maximum atomic E-state index is 12.0. The SMILES string of the molecule is O=C(c1cc(S)cs1)N1CCCC1CO. The summed E-state index contributed by atoms with van der Waals surface area (Å²) in [5.41, 5.74) is 0. The predicted octanol–water partition coefficient (Wildman–Crippen LogP) is 1.63. The van der Waals surface area contributed by atoms with Crippen molar-refractivity contribution < 1.29 is 9.90 Å². The molecule has 1 aromatic heterocycles. The number of carbonyl (C=O) groups excluding carboxylic acids is 1. The molecule has 1 atom stereocenters. The zero-order chi connectivity index (χ0) is 10.8. The Morgan fingerprint density at radius 3 is 3.13 bits per heavy atom. The number of likely N-dealkylation sites (tertiary alicyclic amines) is 1. The number of carbonyl (C=O) groups is 1. The van der Waals surface area contributed by atoms with Gasteiger partial charge in [0.25, 0.3) is 5.91 Å². The summed E-state index contributed by atoms with van der Waals surface area (Å²) in [6, 6.07) is 1.78. The van der Waals surface area contributed by atoms with E-state index in [1.807, 2.05) is 5.38 Å². The fourth-order valence-corrected chi connectivity index (χ4v) is 2.98. The van der Waals surface area contributed by atoms with E-state index in [2.05, 4.69) is 12.6 Å². The van der Waals surface area contributed by atoms with Crippen LogP contribution in [0.3, 0.4) is 0 Å². The van der Waals surface area contributed by atoms with Gasteiger partial charge >= 0.3 is 0 Å². The van der Waals surface area contributed by atoms with Crippen LogP contribution < -0.4 is 0 Å². The van der Waals surface area contributed by atoms with Gasteiger partial charge in [0, 0.05) is 16.8 Å². The molecule has 0 aromatic carbocycles. The molecule has 1 unspecified atom stereocenters. The van der Waals surface area contributed by atoms with Crippen LogP contribution in [0.25, 0.3) is 0 Å². The number of rotatable bonds is 2. The van der Waals surface area contributed by atoms with Gasteiger partial charge in [0.05, 0.1) is 17.5 Å². The van der Waals surface area contributed by atoms with Crippen molar-refractivity contribution in [3.63, 3.8) is 0 Å². The summed E-state index contributed by atoms with van der Waals surface area (Å²) in [7, 11) is 0. The van der Waals surface area contributed by atoms with Crippen LogP contribution in [0.5, 0.6) is 0 Å². The summed E-state index contributed by atoms with van der Waals surface area (Å²) in [5, 5.41) is 11.0. The first-order chi connectivity index (χ1) is 7.22. The molecule has 0 radical (unpaired) electrons. The monoisotopic (exact) mass is 243 g/mol. The van der Waals surface area contributed by atoms with Gasteiger partial charge in [-0.05, 0) is 18.9 Å². The lowest BCUT2D eigenvalue weighted by molar-refractivity contribution is 0.0682. The van der Waals surface area contributed by atoms with Gasteiger partial charge in [-0.15, -0.1) is 24.0 Å². The minimum Gasteiger partial charge on any atom is -0.394 e. The zero-order valence-corrected chi connectivity index (χ0v) is 9.93. The predicted molar refractivity (Wildman–Crippen MR) is 62.7 cm³/mol. The van der Waals surface area contributed by atoms with Crippen LogP contribution in [0.2, 0.25) is 0 Å². The Balaban J connectivity index is 2.13. The molecule has 2 heterocycles. The molecule has 0 saturated carbocycles. The average molecular weight is 243 g/mol. The summed E-state index contributed by atoms with van der Waals surface area (Å²) in [6.45, 7) is 0.814. The van der Waals surface area contributed by atoms with E-state index in [9.17, 15) is 4.79 Å². The molecule has 2 rings (SSSR count). The molecule has 1 amide bonds. The third-order valence-corrected chi connectivity index (χ3v) is 4.00. The van der Waals surface area contributed by atoms with Gasteiger partial charge in [0.2, 0.25) is 0 Å². The number of thiol groups is 1. The van der Waals surface area contributed by atoms with E-state index in [1.54, 1.807) is 11.0 Å². The van der Waals surface area contributed by atoms with Crippen LogP contribution in [-0.4, -0.2) is 35.1 Å². The summed E-state index contributed by atoms with van der Waals surface area (Å²) >= 11 is 5.59. The lowest BCUT2D eigenvalue weighted by Crippen LogP contribution is -2.37. The Morgan fingerprint density at radius 2 is 2.53 bits per heavy atom. The van der Waals surface area contributed by atoms with E-state index in [4.69, 9.17) is 5.11 Å². The second kappa shape index (κ2) is 4.55. The van der Waals surface area contributed by atoms with Crippen LogP contribution >= 0.6 is 24.0 Å². The highest BCUT2D eigenvalue weighted by atomic mass is 32.1. The minimum atomic E-state index is 0.00275. The molecule has 1 fully saturated rings. The van der Waals surface area contributed by atoms with Gasteiger partial charge in [-0.1, -0.05) is 0 Å². The van der Waals surface area contributed by atoms with E-state index in [-0.39, 0.29) is 18.6 Å². The van der Waals surface area contributed by atoms with Gasteiger partial charge < -0.3 is 10.0 Å². The van der Waals surface area contributed by atoms with Crippen molar-refractivity contribution in [1.82, 2.24) is 4.90 Å². The van der Waals surface area contributed by atoms with Gasteiger partial charge in [-0.25, -0.2) is 0 Å². The zero-order valence-electron chi connectivity index (χ0n) is 8.22. The largest absolute Gasteiger partial charge is 0.394 e. The topological polar surface area (TPSA) is 40.5 Å². The summed E-state index contributed by atoms with van der Waals surface area (Å²) < 4.78 is 0. The lowest BCUT2D eigenvalue weighted by atomic mass is 10.2. The van der Waals surface area contributed by atoms with Crippen LogP contribution in [0.1, 0.15) is 22.5 Å². The number of hydrogen-bond acceptors (Lipinski definition) is 4. The molecule has 82 valence electrons. The minimum absolute atomic E-state index is 0.00275. The van der Waals surface area contributed by atoms with Crippen molar-refractivity contribution in [1.29, 1.82) is 0 Å². The van der Waals surface area contributed by atoms with Crippen molar-refractivity contribution in [2.24, 2.45) is 0 Å². The van der Waals surface area contributed by atoms with E-state index in [1.165, 1.54) is 11.3 Å². The smallest absolute Gasteiger partial charge is 0.264 e. The molecule has 0 aliphatic carbocycles. The standard InChI is InChI=1S/C10H13NO2S2/c12-5-7-2-1-3-11(7)10(13)9-4-8(14)6-15-9/h4,6-7,12,14H,1-3,5H2. The molecule has 0 spiro atoms. The van der Waals surface area contributed by atoms with Crippen LogP contribution in [-0.2, 0) is 0 Å². The number of thiophene rings is 1. The Morgan fingerprint density at radius 1 is 1.73 bits per heavy atom. The quantitative estimate of drug-likeness (QED) is 0.775. The highest BCUT2D eigenvalue weighted by Crippen LogP contribution is 2.24. The molecule has 1 aliphatic rings. The molecular weight excluding hydrogens is 230 g/mol. The molecule has 5 heteroatoms. The van der Waals surface area contributed by atoms with Crippen molar-refractivity contribution in [3.05, 3.63) is 16.3 Å². The molecule has 1 saturated heterocycles. The third kappa shape index (κ3) is 2.19. The second-order valence-corrected chi connectivity index (χ2v) is 5.07. The maximum absolute atomic E-state index is 12.0. The van der Waals surface area contributed by atoms with E-state index >= 15 is 0 Å². The van der Waals surface area contributed by atoms with Crippen LogP contribution in [0.4, 0.5) is 0 Å². The Bertz CT molecular complexity index is 364. The molecule has 1 N–H and O–H groups in total. The Hall–Kier alpha value is -0.520. The van der Waals surface area contributed by atoms with Crippen molar-refractivity contribution in [2.75, 3.05) is 13.2 Å².